The maximum atomic E-state index is 12.5. The lowest BCUT2D eigenvalue weighted by atomic mass is 9.99. The number of pyridine rings is 1. The Balaban J connectivity index is 1.79. The van der Waals surface area contributed by atoms with Gasteiger partial charge >= 0.3 is 6.03 Å². The number of urea groups is 1. The minimum Gasteiger partial charge on any atom is -0.376 e. The highest BCUT2D eigenvalue weighted by Gasteiger charge is 2.29. The standard InChI is InChI=1S/C19H23N3O3/c1-13-10-11-22(2)18(23)16(13)20-19(24)21-17(15-9-6-12-25-15)14-7-4-3-5-8-14/h3-5,7-8,10-11,15,17H,6,9,12H2,1-2H3,(H2,20,21,24)/t15-,17-/m1/s1. The lowest BCUT2D eigenvalue weighted by Crippen LogP contribution is -2.40. The molecule has 1 aliphatic rings. The van der Waals surface area contributed by atoms with Crippen molar-refractivity contribution in [3.05, 3.63) is 64.1 Å². The molecule has 1 aliphatic heterocycles. The van der Waals surface area contributed by atoms with Crippen molar-refractivity contribution in [2.24, 2.45) is 7.05 Å². The average molecular weight is 341 g/mol. The Morgan fingerprint density at radius 2 is 2.04 bits per heavy atom. The minimum atomic E-state index is -0.407. The van der Waals surface area contributed by atoms with Crippen molar-refractivity contribution in [2.45, 2.75) is 31.9 Å². The number of hydrogen-bond acceptors (Lipinski definition) is 3. The van der Waals surface area contributed by atoms with Gasteiger partial charge in [-0.25, -0.2) is 4.79 Å². The largest absolute Gasteiger partial charge is 0.376 e. The van der Waals surface area contributed by atoms with Crippen LogP contribution < -0.4 is 16.2 Å². The van der Waals surface area contributed by atoms with E-state index in [1.807, 2.05) is 30.3 Å². The van der Waals surface area contributed by atoms with Gasteiger partial charge in [0.05, 0.1) is 12.1 Å². The van der Waals surface area contributed by atoms with Crippen LogP contribution in [0.25, 0.3) is 0 Å². The second-order valence-corrected chi connectivity index (χ2v) is 6.33. The van der Waals surface area contributed by atoms with Crippen molar-refractivity contribution in [2.75, 3.05) is 11.9 Å². The summed E-state index contributed by atoms with van der Waals surface area (Å²) in [7, 11) is 1.66. The van der Waals surface area contributed by atoms with Crippen molar-refractivity contribution in [1.29, 1.82) is 0 Å². The van der Waals surface area contributed by atoms with E-state index in [-0.39, 0.29) is 17.7 Å². The quantitative estimate of drug-likeness (QED) is 0.898. The zero-order valence-corrected chi connectivity index (χ0v) is 14.5. The number of hydrogen-bond donors (Lipinski definition) is 2. The molecule has 1 fully saturated rings. The van der Waals surface area contributed by atoms with E-state index in [1.54, 1.807) is 26.2 Å². The van der Waals surface area contributed by atoms with Crippen molar-refractivity contribution >= 4 is 11.7 Å². The number of ether oxygens (including phenoxy) is 1. The molecule has 0 saturated carbocycles. The van der Waals surface area contributed by atoms with Crippen LogP contribution in [0.1, 0.15) is 30.0 Å². The van der Waals surface area contributed by atoms with Crippen LogP contribution in [-0.2, 0) is 11.8 Å². The van der Waals surface area contributed by atoms with Gasteiger partial charge in [-0.05, 0) is 37.0 Å². The molecule has 2 aromatic rings. The zero-order valence-electron chi connectivity index (χ0n) is 14.5. The number of amides is 2. The molecule has 0 aliphatic carbocycles. The van der Waals surface area contributed by atoms with Crippen molar-refractivity contribution in [3.8, 4) is 0 Å². The van der Waals surface area contributed by atoms with Crippen LogP contribution in [0.15, 0.2) is 47.4 Å². The van der Waals surface area contributed by atoms with Gasteiger partial charge in [0.25, 0.3) is 5.56 Å². The predicted molar refractivity (Wildman–Crippen MR) is 96.7 cm³/mol. The van der Waals surface area contributed by atoms with Gasteiger partial charge in [0, 0.05) is 19.9 Å². The SMILES string of the molecule is Cc1ccn(C)c(=O)c1NC(=O)N[C@H](c1ccccc1)[C@H]1CCCO1. The third-order valence-electron chi connectivity index (χ3n) is 4.50. The molecule has 6 heteroatoms. The molecule has 2 atom stereocenters. The van der Waals surface area contributed by atoms with Gasteiger partial charge in [0.15, 0.2) is 0 Å². The van der Waals surface area contributed by atoms with E-state index in [9.17, 15) is 9.59 Å². The number of carbonyl (C=O) groups is 1. The monoisotopic (exact) mass is 341 g/mol. The Morgan fingerprint density at radius 3 is 2.72 bits per heavy atom. The molecule has 2 N–H and O–H groups in total. The minimum absolute atomic E-state index is 0.0622. The fourth-order valence-corrected chi connectivity index (χ4v) is 3.08. The molecule has 1 aromatic carbocycles. The summed E-state index contributed by atoms with van der Waals surface area (Å²) in [5.74, 6) is 0. The highest BCUT2D eigenvalue weighted by atomic mass is 16.5. The van der Waals surface area contributed by atoms with Crippen molar-refractivity contribution in [1.82, 2.24) is 9.88 Å². The van der Waals surface area contributed by atoms with Crippen LogP contribution in [0.5, 0.6) is 0 Å². The van der Waals surface area contributed by atoms with Crippen LogP contribution in [0, 0.1) is 6.92 Å². The summed E-state index contributed by atoms with van der Waals surface area (Å²) in [5, 5.41) is 5.68. The molecule has 2 amide bonds. The summed E-state index contributed by atoms with van der Waals surface area (Å²) in [5.41, 5.74) is 1.78. The summed E-state index contributed by atoms with van der Waals surface area (Å²) in [6, 6.07) is 10.9. The summed E-state index contributed by atoms with van der Waals surface area (Å²) < 4.78 is 7.22. The highest BCUT2D eigenvalue weighted by Crippen LogP contribution is 2.27. The Morgan fingerprint density at radius 1 is 1.28 bits per heavy atom. The van der Waals surface area contributed by atoms with Gasteiger partial charge in [-0.2, -0.15) is 0 Å². The number of nitrogens with one attached hydrogen (secondary N) is 2. The van der Waals surface area contributed by atoms with E-state index in [0.29, 0.717) is 12.3 Å². The molecule has 1 saturated heterocycles. The normalized spacial score (nSPS) is 17.9. The first-order valence-electron chi connectivity index (χ1n) is 8.46. The first-order chi connectivity index (χ1) is 12.1. The molecule has 6 nitrogen and oxygen atoms in total. The summed E-state index contributed by atoms with van der Waals surface area (Å²) in [6.07, 6.45) is 3.49. The number of nitrogens with zero attached hydrogens (tertiary/aromatic N) is 1. The van der Waals surface area contributed by atoms with Gasteiger partial charge in [-0.15, -0.1) is 0 Å². The Bertz CT molecular complexity index is 795. The maximum Gasteiger partial charge on any atom is 0.319 e. The number of aromatic nitrogens is 1. The molecule has 0 unspecified atom stereocenters. The number of aryl methyl sites for hydroxylation is 2. The molecular weight excluding hydrogens is 318 g/mol. The molecule has 0 bridgehead atoms. The molecule has 0 spiro atoms. The fourth-order valence-electron chi connectivity index (χ4n) is 3.08. The third-order valence-corrected chi connectivity index (χ3v) is 4.50. The second-order valence-electron chi connectivity index (χ2n) is 6.33. The molecule has 1 aromatic heterocycles. The summed E-state index contributed by atoms with van der Waals surface area (Å²) in [4.78, 5) is 24.8. The van der Waals surface area contributed by atoms with Crippen LogP contribution in [0.4, 0.5) is 10.5 Å². The average Bonchev–Trinajstić information content (AvgIpc) is 3.15. The van der Waals surface area contributed by atoms with Crippen LogP contribution in [-0.4, -0.2) is 23.3 Å². The van der Waals surface area contributed by atoms with Crippen LogP contribution in [0.2, 0.25) is 0 Å². The highest BCUT2D eigenvalue weighted by molar-refractivity contribution is 5.90. The zero-order chi connectivity index (χ0) is 17.8. The van der Waals surface area contributed by atoms with Gasteiger partial charge in [-0.3, -0.25) is 4.79 Å². The van der Waals surface area contributed by atoms with E-state index in [4.69, 9.17) is 4.74 Å². The third kappa shape index (κ3) is 3.91. The van der Waals surface area contributed by atoms with E-state index >= 15 is 0 Å². The van der Waals surface area contributed by atoms with E-state index < -0.39 is 6.03 Å². The van der Waals surface area contributed by atoms with E-state index in [0.717, 1.165) is 24.0 Å². The molecule has 0 radical (unpaired) electrons. The lowest BCUT2D eigenvalue weighted by molar-refractivity contribution is 0.0815. The van der Waals surface area contributed by atoms with Crippen molar-refractivity contribution < 1.29 is 9.53 Å². The van der Waals surface area contributed by atoms with E-state index in [2.05, 4.69) is 10.6 Å². The molecule has 25 heavy (non-hydrogen) atoms. The number of benzene rings is 1. The van der Waals surface area contributed by atoms with Gasteiger partial charge < -0.3 is 19.9 Å². The first-order valence-corrected chi connectivity index (χ1v) is 8.46. The Kier molecular flexibility index (Phi) is 5.19. The number of carbonyl (C=O) groups excluding carboxylic acids is 1. The van der Waals surface area contributed by atoms with E-state index in [1.165, 1.54) is 4.57 Å². The fraction of sp³-hybridized carbons (Fsp3) is 0.368. The summed E-state index contributed by atoms with van der Waals surface area (Å²) >= 11 is 0. The smallest absolute Gasteiger partial charge is 0.319 e. The topological polar surface area (TPSA) is 72.4 Å². The summed E-state index contributed by atoms with van der Waals surface area (Å²) in [6.45, 7) is 2.50. The predicted octanol–water partition coefficient (Wildman–Crippen LogP) is 2.74. The number of rotatable bonds is 4. The van der Waals surface area contributed by atoms with Crippen molar-refractivity contribution in [3.63, 3.8) is 0 Å². The number of anilines is 1. The molecular formula is C19H23N3O3. The van der Waals surface area contributed by atoms with Gasteiger partial charge in [0.1, 0.15) is 5.69 Å². The Labute approximate surface area is 146 Å². The first kappa shape index (κ1) is 17.2. The molecule has 132 valence electrons. The van der Waals surface area contributed by atoms with Crippen LogP contribution >= 0.6 is 0 Å². The molecule has 3 rings (SSSR count). The lowest BCUT2D eigenvalue weighted by Gasteiger charge is -2.25. The molecule has 2 heterocycles. The second kappa shape index (κ2) is 7.53. The van der Waals surface area contributed by atoms with Gasteiger partial charge in [-0.1, -0.05) is 30.3 Å². The maximum absolute atomic E-state index is 12.5. The Hall–Kier alpha value is -2.60. The van der Waals surface area contributed by atoms with Crippen LogP contribution in [0.3, 0.4) is 0 Å². The van der Waals surface area contributed by atoms with Gasteiger partial charge in [0.2, 0.25) is 0 Å².